The summed E-state index contributed by atoms with van der Waals surface area (Å²) in [4.78, 5) is 11.8. The molecule has 1 amide bonds. The van der Waals surface area contributed by atoms with Gasteiger partial charge in [0.1, 0.15) is 5.54 Å². The molecular formula is C12H13F2NO. The molecule has 0 atom stereocenters. The Morgan fingerprint density at radius 2 is 2.00 bits per heavy atom. The fraction of sp³-hybridized carbons (Fsp3) is 0.417. The fourth-order valence-electron chi connectivity index (χ4n) is 1.65. The van der Waals surface area contributed by atoms with Crippen LogP contribution in [-0.2, 0) is 0 Å². The average Bonchev–Trinajstić information content (AvgIpc) is 2.99. The third kappa shape index (κ3) is 1.92. The Bertz CT molecular complexity index is 413. The molecule has 0 unspecified atom stereocenters. The Balaban J connectivity index is 2.13. The maximum Gasteiger partial charge on any atom is 0.261 e. The van der Waals surface area contributed by atoms with E-state index in [1.54, 1.807) is 25.1 Å². The first kappa shape index (κ1) is 11.0. The number of hydrogen-bond donors (Lipinski definition) is 1. The second kappa shape index (κ2) is 3.85. The van der Waals surface area contributed by atoms with E-state index in [0.717, 1.165) is 5.56 Å². The van der Waals surface area contributed by atoms with E-state index in [-0.39, 0.29) is 0 Å². The number of halogens is 2. The van der Waals surface area contributed by atoms with Gasteiger partial charge in [-0.2, -0.15) is 0 Å². The minimum absolute atomic E-state index is 0.363. The number of alkyl halides is 2. The van der Waals surface area contributed by atoms with Gasteiger partial charge in [-0.3, -0.25) is 4.79 Å². The van der Waals surface area contributed by atoms with Gasteiger partial charge in [-0.05, 0) is 31.4 Å². The number of carbonyl (C=O) groups excluding carboxylic acids is 1. The van der Waals surface area contributed by atoms with E-state index in [4.69, 9.17) is 0 Å². The van der Waals surface area contributed by atoms with E-state index in [0.29, 0.717) is 18.4 Å². The Morgan fingerprint density at radius 1 is 1.38 bits per heavy atom. The molecule has 2 nitrogen and oxygen atoms in total. The number of benzene rings is 1. The van der Waals surface area contributed by atoms with Crippen LogP contribution in [-0.4, -0.2) is 17.9 Å². The van der Waals surface area contributed by atoms with Crippen LogP contribution in [0, 0.1) is 6.92 Å². The van der Waals surface area contributed by atoms with Crippen molar-refractivity contribution >= 4 is 5.91 Å². The normalized spacial score (nSPS) is 17.2. The van der Waals surface area contributed by atoms with Crippen molar-refractivity contribution in [2.75, 3.05) is 0 Å². The van der Waals surface area contributed by atoms with Crippen molar-refractivity contribution in [3.8, 4) is 0 Å². The van der Waals surface area contributed by atoms with Crippen LogP contribution >= 0.6 is 0 Å². The highest BCUT2D eigenvalue weighted by molar-refractivity contribution is 5.96. The monoisotopic (exact) mass is 225 g/mol. The predicted octanol–water partition coefficient (Wildman–Crippen LogP) is 2.52. The number of hydrogen-bond acceptors (Lipinski definition) is 1. The third-order valence-electron chi connectivity index (χ3n) is 2.96. The maximum absolute atomic E-state index is 12.6. The summed E-state index contributed by atoms with van der Waals surface area (Å²) in [6, 6.07) is 6.97. The van der Waals surface area contributed by atoms with Gasteiger partial charge in [-0.15, -0.1) is 0 Å². The van der Waals surface area contributed by atoms with Gasteiger partial charge >= 0.3 is 0 Å². The number of carbonyl (C=O) groups is 1. The van der Waals surface area contributed by atoms with Crippen molar-refractivity contribution < 1.29 is 13.6 Å². The lowest BCUT2D eigenvalue weighted by Gasteiger charge is -2.16. The lowest BCUT2D eigenvalue weighted by atomic mass is 10.1. The number of rotatable bonds is 3. The van der Waals surface area contributed by atoms with E-state index in [1.165, 1.54) is 0 Å². The number of aryl methyl sites for hydroxylation is 1. The fourth-order valence-corrected chi connectivity index (χ4v) is 1.65. The Kier molecular flexibility index (Phi) is 2.66. The minimum atomic E-state index is -2.49. The van der Waals surface area contributed by atoms with Crippen molar-refractivity contribution in [2.45, 2.75) is 31.7 Å². The molecule has 0 bridgehead atoms. The molecule has 0 saturated heterocycles. The summed E-state index contributed by atoms with van der Waals surface area (Å²) in [5.41, 5.74) is -0.00110. The summed E-state index contributed by atoms with van der Waals surface area (Å²) in [7, 11) is 0. The molecule has 16 heavy (non-hydrogen) atoms. The highest BCUT2D eigenvalue weighted by atomic mass is 19.3. The molecule has 2 rings (SSSR count). The standard InChI is InChI=1S/C12H13F2NO/c1-8-4-2-3-5-9(8)10(16)15-12(6-7-12)11(13)14/h2-5,11H,6-7H2,1H3,(H,15,16). The lowest BCUT2D eigenvalue weighted by Crippen LogP contribution is -2.42. The van der Waals surface area contributed by atoms with Gasteiger partial charge in [0.05, 0.1) is 0 Å². The average molecular weight is 225 g/mol. The lowest BCUT2D eigenvalue weighted by molar-refractivity contribution is 0.0679. The van der Waals surface area contributed by atoms with Crippen LogP contribution < -0.4 is 5.32 Å². The van der Waals surface area contributed by atoms with E-state index in [1.807, 2.05) is 6.07 Å². The van der Waals surface area contributed by atoms with Crippen LogP contribution in [0.5, 0.6) is 0 Å². The molecule has 1 saturated carbocycles. The minimum Gasteiger partial charge on any atom is -0.341 e. The maximum atomic E-state index is 12.6. The van der Waals surface area contributed by atoms with Crippen molar-refractivity contribution in [1.29, 1.82) is 0 Å². The van der Waals surface area contributed by atoms with E-state index < -0.39 is 17.9 Å². The van der Waals surface area contributed by atoms with Gasteiger partial charge in [0.2, 0.25) is 0 Å². The smallest absolute Gasteiger partial charge is 0.261 e. The number of amides is 1. The van der Waals surface area contributed by atoms with Crippen LogP contribution in [0.3, 0.4) is 0 Å². The van der Waals surface area contributed by atoms with E-state index >= 15 is 0 Å². The van der Waals surface area contributed by atoms with Gasteiger partial charge in [-0.25, -0.2) is 8.78 Å². The second-order valence-electron chi connectivity index (χ2n) is 4.23. The summed E-state index contributed by atoms with van der Waals surface area (Å²) < 4.78 is 25.3. The molecule has 86 valence electrons. The summed E-state index contributed by atoms with van der Waals surface area (Å²) in [6.07, 6.45) is -1.76. The zero-order chi connectivity index (χ0) is 11.8. The van der Waals surface area contributed by atoms with Crippen molar-refractivity contribution in [1.82, 2.24) is 5.32 Å². The molecule has 1 N–H and O–H groups in total. The number of nitrogens with one attached hydrogen (secondary N) is 1. The molecule has 0 aromatic heterocycles. The van der Waals surface area contributed by atoms with Crippen LogP contribution in [0.1, 0.15) is 28.8 Å². The molecule has 0 spiro atoms. The zero-order valence-corrected chi connectivity index (χ0v) is 8.97. The van der Waals surface area contributed by atoms with Crippen LogP contribution in [0.2, 0.25) is 0 Å². The quantitative estimate of drug-likeness (QED) is 0.841. The first-order valence-electron chi connectivity index (χ1n) is 5.21. The Morgan fingerprint density at radius 3 is 2.50 bits per heavy atom. The van der Waals surface area contributed by atoms with Gasteiger partial charge < -0.3 is 5.32 Å². The molecule has 1 aromatic carbocycles. The molecule has 1 fully saturated rings. The molecule has 0 aliphatic heterocycles. The van der Waals surface area contributed by atoms with E-state index in [9.17, 15) is 13.6 Å². The highest BCUT2D eigenvalue weighted by Gasteiger charge is 2.52. The molecule has 1 aromatic rings. The summed E-state index contributed by atoms with van der Waals surface area (Å²) in [5, 5.41) is 2.44. The van der Waals surface area contributed by atoms with Gasteiger partial charge in [-0.1, -0.05) is 18.2 Å². The van der Waals surface area contributed by atoms with Gasteiger partial charge in [0, 0.05) is 5.56 Å². The highest BCUT2D eigenvalue weighted by Crippen LogP contribution is 2.41. The van der Waals surface area contributed by atoms with Crippen LogP contribution in [0.25, 0.3) is 0 Å². The topological polar surface area (TPSA) is 29.1 Å². The van der Waals surface area contributed by atoms with Crippen LogP contribution in [0.4, 0.5) is 8.78 Å². The molecule has 0 radical (unpaired) electrons. The second-order valence-corrected chi connectivity index (χ2v) is 4.23. The zero-order valence-electron chi connectivity index (χ0n) is 8.97. The van der Waals surface area contributed by atoms with E-state index in [2.05, 4.69) is 5.32 Å². The molecule has 1 aliphatic rings. The predicted molar refractivity (Wildman–Crippen MR) is 56.6 cm³/mol. The Hall–Kier alpha value is -1.45. The van der Waals surface area contributed by atoms with Crippen molar-refractivity contribution in [3.05, 3.63) is 35.4 Å². The summed E-state index contributed by atoms with van der Waals surface area (Å²) in [5.74, 6) is -0.407. The van der Waals surface area contributed by atoms with Gasteiger partial charge in [0.25, 0.3) is 12.3 Å². The largest absolute Gasteiger partial charge is 0.341 e. The summed E-state index contributed by atoms with van der Waals surface area (Å²) >= 11 is 0. The van der Waals surface area contributed by atoms with Crippen molar-refractivity contribution in [2.24, 2.45) is 0 Å². The molecular weight excluding hydrogens is 212 g/mol. The molecule has 1 aliphatic carbocycles. The van der Waals surface area contributed by atoms with Gasteiger partial charge in [0.15, 0.2) is 0 Å². The molecule has 0 heterocycles. The van der Waals surface area contributed by atoms with Crippen LogP contribution in [0.15, 0.2) is 24.3 Å². The molecule has 4 heteroatoms. The first-order valence-corrected chi connectivity index (χ1v) is 5.21. The Labute approximate surface area is 92.7 Å². The summed E-state index contributed by atoms with van der Waals surface area (Å²) in [6.45, 7) is 1.79. The van der Waals surface area contributed by atoms with Crippen molar-refractivity contribution in [3.63, 3.8) is 0 Å². The first-order chi connectivity index (χ1) is 7.55. The SMILES string of the molecule is Cc1ccccc1C(=O)NC1(C(F)F)CC1. The third-order valence-corrected chi connectivity index (χ3v) is 2.96.